The minimum atomic E-state index is -4.51. The van der Waals surface area contributed by atoms with Gasteiger partial charge in [0, 0.05) is 17.1 Å². The average molecular weight is 615 g/mol. The number of primary amides is 1. The van der Waals surface area contributed by atoms with E-state index in [2.05, 4.69) is 0 Å². The number of nitrogens with two attached hydrogens (primary N) is 1. The second kappa shape index (κ2) is 10.3. The summed E-state index contributed by atoms with van der Waals surface area (Å²) in [5, 5.41) is 56.9. The summed E-state index contributed by atoms with van der Waals surface area (Å²) in [7, 11) is 2.89. The van der Waals surface area contributed by atoms with Crippen molar-refractivity contribution in [1.82, 2.24) is 4.90 Å². The summed E-state index contributed by atoms with van der Waals surface area (Å²) in [5.74, 6) is -9.95. The van der Waals surface area contributed by atoms with Crippen molar-refractivity contribution in [2.24, 2.45) is 17.6 Å². The lowest BCUT2D eigenvalue weighted by Gasteiger charge is -2.53. The summed E-state index contributed by atoms with van der Waals surface area (Å²) in [4.78, 5) is 40.9. The molecule has 44 heavy (non-hydrogen) atoms. The topological polar surface area (TPSA) is 182 Å². The number of alkyl halides is 3. The minimum absolute atomic E-state index is 0.0981. The summed E-state index contributed by atoms with van der Waals surface area (Å²) >= 11 is 0. The smallest absolute Gasteiger partial charge is 0.416 e. The molecule has 0 saturated carbocycles. The zero-order valence-corrected chi connectivity index (χ0v) is 23.6. The van der Waals surface area contributed by atoms with Gasteiger partial charge in [-0.05, 0) is 43.3 Å². The van der Waals surface area contributed by atoms with E-state index in [9.17, 15) is 53.1 Å². The third-order valence-electron chi connectivity index (χ3n) is 8.86. The van der Waals surface area contributed by atoms with Gasteiger partial charge in [0.25, 0.3) is 5.91 Å². The highest BCUT2D eigenvalue weighted by Gasteiger charge is 2.67. The van der Waals surface area contributed by atoms with E-state index in [-0.39, 0.29) is 16.7 Å². The maximum absolute atomic E-state index is 13.9. The maximum Gasteiger partial charge on any atom is 0.416 e. The van der Waals surface area contributed by atoms with Crippen molar-refractivity contribution in [2.45, 2.75) is 36.8 Å². The van der Waals surface area contributed by atoms with E-state index >= 15 is 0 Å². The molecule has 7 N–H and O–H groups in total. The monoisotopic (exact) mass is 614 g/mol. The molecule has 13 heteroatoms. The average Bonchev–Trinajstić information content (AvgIpc) is 2.93. The maximum atomic E-state index is 13.9. The Hall–Kier alpha value is -4.46. The summed E-state index contributed by atoms with van der Waals surface area (Å²) in [6.07, 6.45) is -3.44. The lowest BCUT2D eigenvalue weighted by molar-refractivity contribution is -0.162. The number of phenols is 1. The first-order valence-electron chi connectivity index (χ1n) is 13.5. The van der Waals surface area contributed by atoms with Gasteiger partial charge in [-0.1, -0.05) is 43.3 Å². The molecule has 0 bridgehead atoms. The second-order valence-electron chi connectivity index (χ2n) is 11.5. The van der Waals surface area contributed by atoms with Crippen LogP contribution in [-0.4, -0.2) is 79.7 Å². The van der Waals surface area contributed by atoms with Crippen molar-refractivity contribution in [2.75, 3.05) is 14.1 Å². The molecule has 0 aliphatic heterocycles. The molecule has 0 saturated heterocycles. The molecule has 0 radical (unpaired) electrons. The number of hydrogen-bond acceptors (Lipinski definition) is 9. The first kappa shape index (κ1) is 31.0. The molecule has 3 aliphatic carbocycles. The molecular formula is C31H29F3N2O8. The van der Waals surface area contributed by atoms with Crippen LogP contribution in [0.25, 0.3) is 12.2 Å². The zero-order chi connectivity index (χ0) is 32.6. The molecule has 1 amide bonds. The van der Waals surface area contributed by atoms with Gasteiger partial charge in [0.1, 0.15) is 22.8 Å². The lowest BCUT2D eigenvalue weighted by atomic mass is 9.55. The number of hydrogen-bond donors (Lipinski definition) is 6. The molecule has 6 unspecified atom stereocenters. The molecule has 5 rings (SSSR count). The normalized spacial score (nSPS) is 28.8. The standard InChI is InChI=1S/C31H29F3N2O8/c1-12-16-11-8-14(7-4-13-5-9-15(10-6-13)31(32,33)34)23(37)18(16)24(38)19-17(12)25(39)21-22(36(2)3)26(40)20(29(35)43)28(42)30(21,44)27(19)41/h4-12,17,21-22,25,37,39-41,44H,1-3H3,(H2,35,43)/b7-4+. The number of amides is 1. The number of aliphatic hydroxyl groups excluding tert-OH is 3. The first-order chi connectivity index (χ1) is 20.4. The molecule has 0 spiro atoms. The Morgan fingerprint density at radius 1 is 1.02 bits per heavy atom. The van der Waals surface area contributed by atoms with Crippen molar-refractivity contribution in [1.29, 1.82) is 0 Å². The number of likely N-dealkylation sites (N-methyl/N-ethyl adjacent to an activating group) is 1. The largest absolute Gasteiger partial charge is 0.510 e. The molecule has 6 atom stereocenters. The van der Waals surface area contributed by atoms with Gasteiger partial charge in [-0.25, -0.2) is 0 Å². The fourth-order valence-corrected chi connectivity index (χ4v) is 6.74. The molecule has 10 nitrogen and oxygen atoms in total. The zero-order valence-electron chi connectivity index (χ0n) is 23.6. The van der Waals surface area contributed by atoms with E-state index < -0.39 is 93.1 Å². The predicted octanol–water partition coefficient (Wildman–Crippen LogP) is 2.84. The van der Waals surface area contributed by atoms with Gasteiger partial charge in [-0.15, -0.1) is 0 Å². The molecule has 3 aliphatic rings. The number of halogens is 3. The van der Waals surface area contributed by atoms with E-state index in [4.69, 9.17) is 5.73 Å². The number of rotatable bonds is 4. The van der Waals surface area contributed by atoms with Gasteiger partial charge < -0.3 is 31.3 Å². The molecule has 232 valence electrons. The van der Waals surface area contributed by atoms with E-state index in [1.165, 1.54) is 55.4 Å². The highest BCUT2D eigenvalue weighted by atomic mass is 19.4. The molecule has 0 aromatic heterocycles. The Morgan fingerprint density at radius 3 is 2.18 bits per heavy atom. The predicted molar refractivity (Wildman–Crippen MR) is 150 cm³/mol. The number of carbonyl (C=O) groups is 3. The van der Waals surface area contributed by atoms with Crippen LogP contribution in [-0.2, 0) is 15.8 Å². The molecule has 0 heterocycles. The molecule has 0 fully saturated rings. The molecule has 2 aromatic rings. The van der Waals surface area contributed by atoms with Crippen molar-refractivity contribution in [3.8, 4) is 5.75 Å². The van der Waals surface area contributed by atoms with Crippen LogP contribution in [0.3, 0.4) is 0 Å². The Balaban J connectivity index is 1.63. The Kier molecular flexibility index (Phi) is 7.27. The van der Waals surface area contributed by atoms with Gasteiger partial charge in [0.15, 0.2) is 11.4 Å². The van der Waals surface area contributed by atoms with Gasteiger partial charge in [0.2, 0.25) is 5.78 Å². The minimum Gasteiger partial charge on any atom is -0.510 e. The van der Waals surface area contributed by atoms with Crippen molar-refractivity contribution in [3.63, 3.8) is 0 Å². The van der Waals surface area contributed by atoms with Crippen molar-refractivity contribution < 1.29 is 53.1 Å². The highest BCUT2D eigenvalue weighted by Crippen LogP contribution is 2.55. The third-order valence-corrected chi connectivity index (χ3v) is 8.86. The number of phenolic OH excluding ortho intramolecular Hbond substituents is 1. The number of aromatic hydroxyl groups is 1. The number of aliphatic hydroxyl groups is 4. The number of ketones is 2. The number of carbonyl (C=O) groups excluding carboxylic acids is 3. The van der Waals surface area contributed by atoms with Crippen LogP contribution in [0.1, 0.15) is 45.5 Å². The fourth-order valence-electron chi connectivity index (χ4n) is 6.74. The van der Waals surface area contributed by atoms with Gasteiger partial charge in [-0.3, -0.25) is 19.3 Å². The number of nitrogens with zero attached hydrogens (tertiary/aromatic N) is 1. The summed E-state index contributed by atoms with van der Waals surface area (Å²) in [6, 6.07) is 5.86. The summed E-state index contributed by atoms with van der Waals surface area (Å²) < 4.78 is 38.7. The fraction of sp³-hybridized carbons (Fsp3) is 0.323. The van der Waals surface area contributed by atoms with Crippen molar-refractivity contribution >= 4 is 29.6 Å². The quantitative estimate of drug-likeness (QED) is 0.223. The Bertz CT molecular complexity index is 1690. The van der Waals surface area contributed by atoms with Crippen LogP contribution in [0.2, 0.25) is 0 Å². The number of Topliss-reactive ketones (excluding diaryl/α,β-unsaturated/α-hetero) is 2. The van der Waals surface area contributed by atoms with E-state index in [1.807, 2.05) is 0 Å². The van der Waals surface area contributed by atoms with Crippen LogP contribution < -0.4 is 5.73 Å². The first-order valence-corrected chi connectivity index (χ1v) is 13.5. The van der Waals surface area contributed by atoms with Gasteiger partial charge in [0.05, 0.1) is 29.2 Å². The third kappa shape index (κ3) is 4.33. The van der Waals surface area contributed by atoms with Crippen LogP contribution in [0.5, 0.6) is 5.75 Å². The van der Waals surface area contributed by atoms with Crippen molar-refractivity contribution in [3.05, 3.63) is 86.9 Å². The van der Waals surface area contributed by atoms with E-state index in [0.29, 0.717) is 5.56 Å². The molecular weight excluding hydrogens is 585 g/mol. The lowest BCUT2D eigenvalue weighted by Crippen LogP contribution is -2.68. The van der Waals surface area contributed by atoms with Gasteiger partial charge >= 0.3 is 6.18 Å². The van der Waals surface area contributed by atoms with E-state index in [0.717, 1.165) is 12.1 Å². The van der Waals surface area contributed by atoms with E-state index in [1.54, 1.807) is 6.92 Å². The van der Waals surface area contributed by atoms with Crippen LogP contribution in [0.15, 0.2) is 59.1 Å². The summed E-state index contributed by atoms with van der Waals surface area (Å²) in [6.45, 7) is 1.60. The summed E-state index contributed by atoms with van der Waals surface area (Å²) in [5.41, 5.74) is 0.389. The van der Waals surface area contributed by atoms with Crippen LogP contribution in [0, 0.1) is 11.8 Å². The SMILES string of the molecule is CC1c2ccc(/C=C/c3ccc(C(F)(F)F)cc3)c(O)c2C(=O)C2=C(O)C3(O)C(=O)C(C(N)=O)=C(O)C(N(C)C)C3C(O)C21. The number of fused-ring (bicyclic) bond motifs is 3. The Morgan fingerprint density at radius 2 is 1.64 bits per heavy atom. The van der Waals surface area contributed by atoms with Crippen LogP contribution >= 0.6 is 0 Å². The Labute approximate surface area is 248 Å². The van der Waals surface area contributed by atoms with Gasteiger partial charge in [-0.2, -0.15) is 13.2 Å². The highest BCUT2D eigenvalue weighted by molar-refractivity contribution is 6.25. The van der Waals surface area contributed by atoms with Crippen LogP contribution in [0.4, 0.5) is 13.2 Å². The molecule has 2 aromatic carbocycles. The number of benzene rings is 2. The second-order valence-corrected chi connectivity index (χ2v) is 11.5.